The monoisotopic (exact) mass is 448 g/mol. The van der Waals surface area contributed by atoms with Crippen molar-refractivity contribution in [3.63, 3.8) is 0 Å². The fourth-order valence-electron chi connectivity index (χ4n) is 3.32. The van der Waals surface area contributed by atoms with Crippen molar-refractivity contribution in [3.8, 4) is 0 Å². The Labute approximate surface area is 181 Å². The molecule has 1 N–H and O–H groups in total. The molecule has 0 radical (unpaired) electrons. The molecule has 0 unspecified atom stereocenters. The van der Waals surface area contributed by atoms with Crippen LogP contribution in [0.1, 0.15) is 30.9 Å². The van der Waals surface area contributed by atoms with E-state index < -0.39 is 27.2 Å². The third-order valence-electron chi connectivity index (χ3n) is 5.20. The number of hydrogen-bond donors (Lipinski definition) is 1. The minimum absolute atomic E-state index is 0.0481. The predicted molar refractivity (Wildman–Crippen MR) is 114 cm³/mol. The molecule has 0 spiro atoms. The predicted octanol–water partition coefficient (Wildman–Crippen LogP) is 2.82. The van der Waals surface area contributed by atoms with Crippen molar-refractivity contribution in [3.05, 3.63) is 65.5 Å². The highest BCUT2D eigenvalue weighted by molar-refractivity contribution is 7.88. The van der Waals surface area contributed by atoms with Crippen molar-refractivity contribution >= 4 is 27.6 Å². The first-order valence-electron chi connectivity index (χ1n) is 9.91. The molecule has 31 heavy (non-hydrogen) atoms. The van der Waals surface area contributed by atoms with E-state index in [1.54, 1.807) is 31.2 Å². The lowest BCUT2D eigenvalue weighted by atomic mass is 9.96. The molecule has 0 saturated heterocycles. The number of ether oxygens (including phenoxy) is 1. The number of nitrogens with one attached hydrogen (secondary N) is 1. The minimum Gasteiger partial charge on any atom is -0.465 e. The van der Waals surface area contributed by atoms with Crippen LogP contribution in [0.3, 0.4) is 0 Å². The normalized spacial score (nSPS) is 14.8. The van der Waals surface area contributed by atoms with E-state index >= 15 is 0 Å². The first kappa shape index (κ1) is 22.9. The van der Waals surface area contributed by atoms with Crippen LogP contribution in [0.2, 0.25) is 0 Å². The summed E-state index contributed by atoms with van der Waals surface area (Å²) in [7, 11) is -3.67. The molecule has 3 rings (SSSR count). The fraction of sp³-hybridized carbons (Fsp3) is 0.364. The van der Waals surface area contributed by atoms with Crippen molar-refractivity contribution < 1.29 is 27.1 Å². The second kappa shape index (κ2) is 9.15. The molecule has 1 saturated carbocycles. The zero-order chi connectivity index (χ0) is 22.6. The van der Waals surface area contributed by atoms with Gasteiger partial charge in [0.2, 0.25) is 15.9 Å². The summed E-state index contributed by atoms with van der Waals surface area (Å²) in [4.78, 5) is 24.6. The van der Waals surface area contributed by atoms with Crippen LogP contribution >= 0.6 is 0 Å². The Hall–Kier alpha value is -2.78. The fourth-order valence-corrected chi connectivity index (χ4v) is 4.06. The molecule has 166 valence electrons. The van der Waals surface area contributed by atoms with Crippen LogP contribution in [0.4, 0.5) is 10.1 Å². The first-order valence-corrected chi connectivity index (χ1v) is 11.8. The van der Waals surface area contributed by atoms with Gasteiger partial charge in [0, 0.05) is 12.2 Å². The summed E-state index contributed by atoms with van der Waals surface area (Å²) in [6, 6.07) is 12.3. The van der Waals surface area contributed by atoms with Crippen LogP contribution in [0.25, 0.3) is 0 Å². The number of rotatable bonds is 9. The van der Waals surface area contributed by atoms with Crippen molar-refractivity contribution in [2.45, 2.75) is 31.7 Å². The quantitative estimate of drug-likeness (QED) is 0.596. The minimum atomic E-state index is -3.67. The maximum Gasteiger partial charge on any atom is 0.316 e. The highest BCUT2D eigenvalue weighted by Crippen LogP contribution is 2.49. The molecule has 0 aliphatic heterocycles. The highest BCUT2D eigenvalue weighted by atomic mass is 32.2. The number of amides is 1. The second-order valence-electron chi connectivity index (χ2n) is 7.59. The average Bonchev–Trinajstić information content (AvgIpc) is 3.51. The third-order valence-corrected chi connectivity index (χ3v) is 6.39. The smallest absolute Gasteiger partial charge is 0.316 e. The van der Waals surface area contributed by atoms with Gasteiger partial charge in [-0.2, -0.15) is 4.31 Å². The van der Waals surface area contributed by atoms with Gasteiger partial charge in [0.05, 0.1) is 24.8 Å². The number of hydrogen-bond acceptors (Lipinski definition) is 5. The molecular weight excluding hydrogens is 423 g/mol. The lowest BCUT2D eigenvalue weighted by Crippen LogP contribution is -2.36. The van der Waals surface area contributed by atoms with Gasteiger partial charge in [0.1, 0.15) is 5.82 Å². The number of halogens is 1. The van der Waals surface area contributed by atoms with Gasteiger partial charge in [-0.05, 0) is 55.2 Å². The first-order chi connectivity index (χ1) is 14.6. The Morgan fingerprint density at radius 3 is 2.23 bits per heavy atom. The van der Waals surface area contributed by atoms with Crippen LogP contribution in [0.5, 0.6) is 0 Å². The van der Waals surface area contributed by atoms with Crippen molar-refractivity contribution in [2.75, 3.05) is 24.7 Å². The topological polar surface area (TPSA) is 92.8 Å². The maximum absolute atomic E-state index is 13.1. The number of anilines is 1. The zero-order valence-corrected chi connectivity index (χ0v) is 18.2. The Bertz CT molecular complexity index is 1050. The van der Waals surface area contributed by atoms with Crippen LogP contribution in [-0.4, -0.2) is 44.0 Å². The SMILES string of the molecule is CCOC(=O)C1(c2ccc(NC(=O)CN(Cc3ccc(F)cc3)S(C)(=O)=O)cc2)CC1. The molecule has 1 fully saturated rings. The van der Waals surface area contributed by atoms with E-state index in [1.165, 1.54) is 24.3 Å². The molecule has 0 bridgehead atoms. The number of carbonyl (C=O) groups excluding carboxylic acids is 2. The zero-order valence-electron chi connectivity index (χ0n) is 17.4. The maximum atomic E-state index is 13.1. The lowest BCUT2D eigenvalue weighted by Gasteiger charge is -2.20. The van der Waals surface area contributed by atoms with Gasteiger partial charge >= 0.3 is 5.97 Å². The summed E-state index contributed by atoms with van der Waals surface area (Å²) in [5.74, 6) is -1.17. The van der Waals surface area contributed by atoms with Gasteiger partial charge in [0.15, 0.2) is 0 Å². The Balaban J connectivity index is 1.64. The summed E-state index contributed by atoms with van der Waals surface area (Å²) in [5, 5.41) is 2.67. The third kappa shape index (κ3) is 5.68. The summed E-state index contributed by atoms with van der Waals surface area (Å²) >= 11 is 0. The van der Waals surface area contributed by atoms with E-state index in [0.29, 0.717) is 17.9 Å². The molecule has 0 atom stereocenters. The molecule has 0 aromatic heterocycles. The van der Waals surface area contributed by atoms with E-state index in [2.05, 4.69) is 5.32 Å². The van der Waals surface area contributed by atoms with E-state index in [4.69, 9.17) is 4.74 Å². The molecule has 1 amide bonds. The van der Waals surface area contributed by atoms with Gasteiger partial charge in [-0.1, -0.05) is 24.3 Å². The highest BCUT2D eigenvalue weighted by Gasteiger charge is 2.52. The van der Waals surface area contributed by atoms with Gasteiger partial charge in [0.25, 0.3) is 0 Å². The van der Waals surface area contributed by atoms with E-state index in [0.717, 1.165) is 29.0 Å². The van der Waals surface area contributed by atoms with E-state index in [1.807, 2.05) is 0 Å². The average molecular weight is 449 g/mol. The molecule has 2 aromatic carbocycles. The molecule has 1 aliphatic carbocycles. The van der Waals surface area contributed by atoms with E-state index in [9.17, 15) is 22.4 Å². The number of carbonyl (C=O) groups is 2. The number of nitrogens with zero attached hydrogens (tertiary/aromatic N) is 1. The summed E-state index contributed by atoms with van der Waals surface area (Å²) in [6.45, 7) is 1.66. The molecule has 1 aliphatic rings. The van der Waals surface area contributed by atoms with Crippen LogP contribution in [-0.2, 0) is 36.3 Å². The molecule has 0 heterocycles. The standard InChI is InChI=1S/C22H25FN2O5S/c1-3-30-21(27)22(12-13-22)17-6-10-19(11-7-17)24-20(26)15-25(31(2,28)29)14-16-4-8-18(23)9-5-16/h4-11H,3,12-15H2,1-2H3,(H,24,26). The Kier molecular flexibility index (Phi) is 6.76. The van der Waals surface area contributed by atoms with Gasteiger partial charge in [-0.3, -0.25) is 9.59 Å². The van der Waals surface area contributed by atoms with Crippen molar-refractivity contribution in [2.24, 2.45) is 0 Å². The van der Waals surface area contributed by atoms with E-state index in [-0.39, 0.29) is 19.1 Å². The molecule has 2 aromatic rings. The van der Waals surface area contributed by atoms with Gasteiger partial charge < -0.3 is 10.1 Å². The van der Waals surface area contributed by atoms with Crippen LogP contribution < -0.4 is 5.32 Å². The van der Waals surface area contributed by atoms with Crippen molar-refractivity contribution in [1.82, 2.24) is 4.31 Å². The van der Waals surface area contributed by atoms with Crippen molar-refractivity contribution in [1.29, 1.82) is 0 Å². The number of sulfonamides is 1. The molecule has 9 heteroatoms. The Morgan fingerprint density at radius 1 is 1.10 bits per heavy atom. The molecular formula is C22H25FN2O5S. The van der Waals surface area contributed by atoms with Gasteiger partial charge in [-0.15, -0.1) is 0 Å². The molecule has 7 nitrogen and oxygen atoms in total. The second-order valence-corrected chi connectivity index (χ2v) is 9.57. The lowest BCUT2D eigenvalue weighted by molar-refractivity contribution is -0.146. The number of benzene rings is 2. The summed E-state index contributed by atoms with van der Waals surface area (Å²) in [6.07, 6.45) is 2.47. The summed E-state index contributed by atoms with van der Waals surface area (Å²) < 4.78 is 43.4. The van der Waals surface area contributed by atoms with Crippen LogP contribution in [0.15, 0.2) is 48.5 Å². The number of esters is 1. The van der Waals surface area contributed by atoms with Gasteiger partial charge in [-0.25, -0.2) is 12.8 Å². The largest absolute Gasteiger partial charge is 0.465 e. The Morgan fingerprint density at radius 2 is 1.71 bits per heavy atom. The van der Waals surface area contributed by atoms with Crippen LogP contribution in [0, 0.1) is 5.82 Å². The summed E-state index contributed by atoms with van der Waals surface area (Å²) in [5.41, 5.74) is 1.29.